The van der Waals surface area contributed by atoms with Crippen LogP contribution in [0.4, 0.5) is 4.39 Å². The summed E-state index contributed by atoms with van der Waals surface area (Å²) in [5.41, 5.74) is 3.26. The van der Waals surface area contributed by atoms with E-state index < -0.39 is 11.9 Å². The maximum absolute atomic E-state index is 14.3. The first-order chi connectivity index (χ1) is 15.8. The molecule has 3 rings (SSSR count). The zero-order valence-corrected chi connectivity index (χ0v) is 19.4. The zero-order valence-electron chi connectivity index (χ0n) is 19.4. The molecule has 4 nitrogen and oxygen atoms in total. The van der Waals surface area contributed by atoms with Crippen molar-refractivity contribution >= 4 is 11.8 Å². The van der Waals surface area contributed by atoms with E-state index in [9.17, 15) is 14.0 Å². The van der Waals surface area contributed by atoms with Gasteiger partial charge in [0.15, 0.2) is 0 Å². The SMILES string of the molecule is Cc1ccccc1CN(C(=O)Cc1ccccc1F)C(Cc1ccccc1)C(=O)NC(C)C. The number of hydrogen-bond acceptors (Lipinski definition) is 2. The monoisotopic (exact) mass is 446 g/mol. The average Bonchev–Trinajstić information content (AvgIpc) is 2.79. The predicted molar refractivity (Wildman–Crippen MR) is 129 cm³/mol. The zero-order chi connectivity index (χ0) is 23.8. The summed E-state index contributed by atoms with van der Waals surface area (Å²) in [7, 11) is 0. The molecule has 1 N–H and O–H groups in total. The molecule has 0 aliphatic heterocycles. The number of amides is 2. The minimum Gasteiger partial charge on any atom is -0.352 e. The third-order valence-corrected chi connectivity index (χ3v) is 5.60. The van der Waals surface area contributed by atoms with Crippen molar-refractivity contribution in [3.63, 3.8) is 0 Å². The molecule has 2 amide bonds. The summed E-state index contributed by atoms with van der Waals surface area (Å²) < 4.78 is 14.3. The molecule has 0 bridgehead atoms. The maximum atomic E-state index is 14.3. The van der Waals surface area contributed by atoms with Crippen molar-refractivity contribution in [1.82, 2.24) is 10.2 Å². The van der Waals surface area contributed by atoms with Crippen LogP contribution < -0.4 is 5.32 Å². The summed E-state index contributed by atoms with van der Waals surface area (Å²) in [6, 6.07) is 22.9. The number of benzene rings is 3. The molecule has 3 aromatic rings. The summed E-state index contributed by atoms with van der Waals surface area (Å²) >= 11 is 0. The van der Waals surface area contributed by atoms with E-state index in [2.05, 4.69) is 5.32 Å². The normalized spacial score (nSPS) is 11.8. The highest BCUT2D eigenvalue weighted by Gasteiger charge is 2.31. The molecular formula is C28H31FN2O2. The van der Waals surface area contributed by atoms with E-state index in [1.165, 1.54) is 6.07 Å². The molecule has 172 valence electrons. The lowest BCUT2D eigenvalue weighted by molar-refractivity contribution is -0.141. The van der Waals surface area contributed by atoms with Crippen LogP contribution in [-0.4, -0.2) is 28.8 Å². The molecule has 1 atom stereocenters. The second-order valence-corrected chi connectivity index (χ2v) is 8.59. The third-order valence-electron chi connectivity index (χ3n) is 5.60. The number of rotatable bonds is 9. The van der Waals surface area contributed by atoms with Crippen LogP contribution in [0.15, 0.2) is 78.9 Å². The summed E-state index contributed by atoms with van der Waals surface area (Å²) in [5.74, 6) is -0.930. The molecule has 33 heavy (non-hydrogen) atoms. The molecule has 0 aliphatic rings. The number of nitrogens with one attached hydrogen (secondary N) is 1. The molecule has 0 radical (unpaired) electrons. The number of carbonyl (C=O) groups excluding carboxylic acids is 2. The number of carbonyl (C=O) groups is 2. The van der Waals surface area contributed by atoms with Crippen LogP contribution >= 0.6 is 0 Å². The highest BCUT2D eigenvalue weighted by atomic mass is 19.1. The maximum Gasteiger partial charge on any atom is 0.243 e. The van der Waals surface area contributed by atoms with Gasteiger partial charge in [0, 0.05) is 19.0 Å². The Kier molecular flexibility index (Phi) is 8.36. The van der Waals surface area contributed by atoms with Gasteiger partial charge in [0.2, 0.25) is 11.8 Å². The number of hydrogen-bond donors (Lipinski definition) is 1. The molecule has 3 aromatic carbocycles. The number of nitrogens with zero attached hydrogens (tertiary/aromatic N) is 1. The Morgan fingerprint density at radius 2 is 1.48 bits per heavy atom. The molecule has 0 spiro atoms. The second-order valence-electron chi connectivity index (χ2n) is 8.59. The van der Waals surface area contributed by atoms with Crippen LogP contribution in [0.3, 0.4) is 0 Å². The fourth-order valence-electron chi connectivity index (χ4n) is 3.81. The van der Waals surface area contributed by atoms with Gasteiger partial charge in [0.05, 0.1) is 6.42 Å². The van der Waals surface area contributed by atoms with E-state index in [0.29, 0.717) is 12.0 Å². The predicted octanol–water partition coefficient (Wildman–Crippen LogP) is 4.84. The van der Waals surface area contributed by atoms with E-state index in [-0.39, 0.29) is 30.8 Å². The lowest BCUT2D eigenvalue weighted by atomic mass is 10.00. The van der Waals surface area contributed by atoms with Gasteiger partial charge in [-0.15, -0.1) is 0 Å². The highest BCUT2D eigenvalue weighted by molar-refractivity contribution is 5.89. The minimum absolute atomic E-state index is 0.0715. The molecular weight excluding hydrogens is 415 g/mol. The first kappa shape index (κ1) is 24.2. The van der Waals surface area contributed by atoms with Crippen molar-refractivity contribution in [2.45, 2.75) is 52.2 Å². The van der Waals surface area contributed by atoms with Crippen molar-refractivity contribution < 1.29 is 14.0 Å². The molecule has 1 unspecified atom stereocenters. The van der Waals surface area contributed by atoms with Crippen LogP contribution in [-0.2, 0) is 29.0 Å². The Morgan fingerprint density at radius 3 is 2.12 bits per heavy atom. The molecule has 0 saturated carbocycles. The number of aryl methyl sites for hydroxylation is 1. The van der Waals surface area contributed by atoms with Crippen molar-refractivity contribution in [2.24, 2.45) is 0 Å². The van der Waals surface area contributed by atoms with Gasteiger partial charge in [-0.05, 0) is 49.1 Å². The van der Waals surface area contributed by atoms with Crippen molar-refractivity contribution in [3.8, 4) is 0 Å². The van der Waals surface area contributed by atoms with Gasteiger partial charge < -0.3 is 10.2 Å². The van der Waals surface area contributed by atoms with Gasteiger partial charge in [0.25, 0.3) is 0 Å². The summed E-state index contributed by atoms with van der Waals surface area (Å²) in [5, 5.41) is 2.97. The van der Waals surface area contributed by atoms with Gasteiger partial charge in [-0.25, -0.2) is 4.39 Å². The van der Waals surface area contributed by atoms with Gasteiger partial charge in [-0.1, -0.05) is 72.8 Å². The Labute approximate surface area is 195 Å². The minimum atomic E-state index is -0.728. The van der Waals surface area contributed by atoms with E-state index in [1.807, 2.05) is 75.4 Å². The molecule has 0 heterocycles. The quantitative estimate of drug-likeness (QED) is 0.511. The van der Waals surface area contributed by atoms with Crippen LogP contribution in [0, 0.1) is 12.7 Å². The lowest BCUT2D eigenvalue weighted by Crippen LogP contribution is -2.52. The topological polar surface area (TPSA) is 49.4 Å². The van der Waals surface area contributed by atoms with Gasteiger partial charge in [0.1, 0.15) is 11.9 Å². The second kappa shape index (κ2) is 11.4. The van der Waals surface area contributed by atoms with Gasteiger partial charge >= 0.3 is 0 Å². The van der Waals surface area contributed by atoms with Crippen LogP contribution in [0.2, 0.25) is 0 Å². The van der Waals surface area contributed by atoms with E-state index >= 15 is 0 Å². The van der Waals surface area contributed by atoms with Crippen molar-refractivity contribution in [1.29, 1.82) is 0 Å². The molecule has 0 aromatic heterocycles. The van der Waals surface area contributed by atoms with Gasteiger partial charge in [-0.3, -0.25) is 9.59 Å². The van der Waals surface area contributed by atoms with Crippen LogP contribution in [0.1, 0.15) is 36.1 Å². The fraction of sp³-hybridized carbons (Fsp3) is 0.286. The summed E-state index contributed by atoms with van der Waals surface area (Å²) in [6.07, 6.45) is 0.257. The third kappa shape index (κ3) is 6.75. The molecule has 0 aliphatic carbocycles. The first-order valence-corrected chi connectivity index (χ1v) is 11.3. The van der Waals surface area contributed by atoms with Crippen LogP contribution in [0.5, 0.6) is 0 Å². The standard InChI is InChI=1S/C28H31FN2O2/c1-20(2)30-28(33)26(17-22-12-5-4-6-13-22)31(19-24-15-8-7-11-21(24)3)27(32)18-23-14-9-10-16-25(23)29/h4-16,20,26H,17-19H2,1-3H3,(H,30,33). The van der Waals surface area contributed by atoms with Gasteiger partial charge in [-0.2, -0.15) is 0 Å². The Morgan fingerprint density at radius 1 is 0.879 bits per heavy atom. The Hall–Kier alpha value is -3.47. The largest absolute Gasteiger partial charge is 0.352 e. The molecule has 5 heteroatoms. The highest BCUT2D eigenvalue weighted by Crippen LogP contribution is 2.19. The van der Waals surface area contributed by atoms with E-state index in [4.69, 9.17) is 0 Å². The average molecular weight is 447 g/mol. The fourth-order valence-corrected chi connectivity index (χ4v) is 3.81. The summed E-state index contributed by atoms with van der Waals surface area (Å²) in [6.45, 7) is 6.03. The Bertz CT molecular complexity index is 1080. The first-order valence-electron chi connectivity index (χ1n) is 11.3. The smallest absolute Gasteiger partial charge is 0.243 e. The van der Waals surface area contributed by atoms with Crippen molar-refractivity contribution in [2.75, 3.05) is 0 Å². The van der Waals surface area contributed by atoms with Crippen molar-refractivity contribution in [3.05, 3.63) is 107 Å². The number of halogens is 1. The molecule has 0 saturated heterocycles. The summed E-state index contributed by atoms with van der Waals surface area (Å²) in [4.78, 5) is 28.5. The Balaban J connectivity index is 1.99. The van der Waals surface area contributed by atoms with E-state index in [1.54, 1.807) is 23.1 Å². The lowest BCUT2D eigenvalue weighted by Gasteiger charge is -2.32. The van der Waals surface area contributed by atoms with Crippen LogP contribution in [0.25, 0.3) is 0 Å². The molecule has 0 fully saturated rings. The van der Waals surface area contributed by atoms with E-state index in [0.717, 1.165) is 16.7 Å².